The molecule has 8 nitrogen and oxygen atoms in total. The number of aromatic nitrogens is 1. The molecule has 0 saturated carbocycles. The number of imide groups is 1. The van der Waals surface area contributed by atoms with Crippen LogP contribution in [0.25, 0.3) is 10.9 Å². The number of aromatic amines is 1. The molecule has 1 aliphatic rings. The first-order chi connectivity index (χ1) is 14.9. The first-order valence-corrected chi connectivity index (χ1v) is 11.1. The molecule has 0 aliphatic carbocycles. The summed E-state index contributed by atoms with van der Waals surface area (Å²) in [6, 6.07) is 5.98. The van der Waals surface area contributed by atoms with Crippen LogP contribution in [0.5, 0.6) is 0 Å². The maximum atomic E-state index is 12.4. The van der Waals surface area contributed by atoms with E-state index in [9.17, 15) is 9.59 Å². The van der Waals surface area contributed by atoms with Gasteiger partial charge in [-0.25, -0.2) is 4.79 Å². The number of carbonyl (C=O) groups excluding carboxylic acids is 2. The number of fused-ring (bicyclic) bond motifs is 1. The average Bonchev–Trinajstić information content (AvgIpc) is 3.26. The van der Waals surface area contributed by atoms with Gasteiger partial charge in [-0.3, -0.25) is 14.7 Å². The van der Waals surface area contributed by atoms with Crippen molar-refractivity contribution in [1.82, 2.24) is 25.8 Å². The van der Waals surface area contributed by atoms with Gasteiger partial charge in [0.1, 0.15) is 5.54 Å². The molecular formula is C23H34N6O2. The highest BCUT2D eigenvalue weighted by atomic mass is 16.2. The van der Waals surface area contributed by atoms with Crippen LogP contribution in [0, 0.1) is 6.92 Å². The van der Waals surface area contributed by atoms with E-state index in [1.807, 2.05) is 13.8 Å². The predicted octanol–water partition coefficient (Wildman–Crippen LogP) is 2.68. The first-order valence-electron chi connectivity index (χ1n) is 11.1. The Morgan fingerprint density at radius 2 is 2.03 bits per heavy atom. The molecule has 3 rings (SSSR count). The molecule has 0 bridgehead atoms. The third-order valence-electron chi connectivity index (χ3n) is 5.89. The number of rotatable bonds is 9. The van der Waals surface area contributed by atoms with Crippen LogP contribution in [0.4, 0.5) is 4.79 Å². The second-order valence-electron chi connectivity index (χ2n) is 8.17. The standard InChI is InChI=1S/C23H34N6O2/c1-5-23(4)20(30)29(22(31)28-23)14-8-12-25-21(24-6-2)26-13-11-17-15-27-18-10-7-9-16(3)19(17)18/h7,9-10,15,27H,5-6,8,11-14H2,1-4H3,(H,28,31)(H2,24,25,26). The van der Waals surface area contributed by atoms with E-state index in [0.717, 1.165) is 31.0 Å². The number of aliphatic imine (C=N–C) groups is 1. The van der Waals surface area contributed by atoms with Gasteiger partial charge in [-0.2, -0.15) is 0 Å². The molecule has 1 atom stereocenters. The molecule has 0 radical (unpaired) electrons. The Kier molecular flexibility index (Phi) is 7.20. The molecule has 8 heteroatoms. The van der Waals surface area contributed by atoms with E-state index < -0.39 is 5.54 Å². The van der Waals surface area contributed by atoms with Crippen LogP contribution in [-0.2, 0) is 11.2 Å². The number of amides is 3. The van der Waals surface area contributed by atoms with Crippen molar-refractivity contribution in [3.63, 3.8) is 0 Å². The summed E-state index contributed by atoms with van der Waals surface area (Å²) in [5.74, 6) is 0.595. The molecule has 4 N–H and O–H groups in total. The van der Waals surface area contributed by atoms with Gasteiger partial charge in [0.05, 0.1) is 0 Å². The Morgan fingerprint density at radius 3 is 2.74 bits per heavy atom. The van der Waals surface area contributed by atoms with Crippen molar-refractivity contribution in [2.75, 3.05) is 26.2 Å². The summed E-state index contributed by atoms with van der Waals surface area (Å²) in [4.78, 5) is 33.8. The first kappa shape index (κ1) is 22.7. The highest BCUT2D eigenvalue weighted by molar-refractivity contribution is 6.06. The number of aryl methyl sites for hydroxylation is 1. The SMILES string of the molecule is CCNC(=NCCCN1C(=O)NC(C)(CC)C1=O)NCCc1c[nH]c2cccc(C)c12. The van der Waals surface area contributed by atoms with E-state index in [1.165, 1.54) is 21.4 Å². The summed E-state index contributed by atoms with van der Waals surface area (Å²) < 4.78 is 0. The van der Waals surface area contributed by atoms with Crippen LogP contribution in [-0.4, -0.2) is 59.5 Å². The van der Waals surface area contributed by atoms with Crippen molar-refractivity contribution in [3.05, 3.63) is 35.5 Å². The average molecular weight is 427 g/mol. The summed E-state index contributed by atoms with van der Waals surface area (Å²) in [6.07, 6.45) is 4.16. The lowest BCUT2D eigenvalue weighted by molar-refractivity contribution is -0.130. The number of hydrogen-bond donors (Lipinski definition) is 4. The van der Waals surface area contributed by atoms with Crippen LogP contribution < -0.4 is 16.0 Å². The van der Waals surface area contributed by atoms with Crippen LogP contribution in [0.3, 0.4) is 0 Å². The maximum absolute atomic E-state index is 12.4. The van der Waals surface area contributed by atoms with E-state index >= 15 is 0 Å². The molecule has 3 amide bonds. The highest BCUT2D eigenvalue weighted by Gasteiger charge is 2.45. The van der Waals surface area contributed by atoms with Crippen LogP contribution in [0.1, 0.15) is 44.7 Å². The number of hydrogen-bond acceptors (Lipinski definition) is 3. The Labute approximate surface area is 183 Å². The molecule has 2 aromatic rings. The number of guanidine groups is 1. The maximum Gasteiger partial charge on any atom is 0.325 e. The Balaban J connectivity index is 1.50. The number of urea groups is 1. The van der Waals surface area contributed by atoms with Crippen molar-refractivity contribution in [1.29, 1.82) is 0 Å². The van der Waals surface area contributed by atoms with Gasteiger partial charge in [0.2, 0.25) is 0 Å². The number of nitrogens with zero attached hydrogens (tertiary/aromatic N) is 2. The summed E-state index contributed by atoms with van der Waals surface area (Å²) in [5.41, 5.74) is 2.94. The molecule has 1 unspecified atom stereocenters. The highest BCUT2D eigenvalue weighted by Crippen LogP contribution is 2.22. The van der Waals surface area contributed by atoms with Crippen molar-refractivity contribution >= 4 is 28.8 Å². The zero-order valence-electron chi connectivity index (χ0n) is 19.0. The molecule has 31 heavy (non-hydrogen) atoms. The van der Waals surface area contributed by atoms with Gasteiger partial charge in [-0.05, 0) is 57.2 Å². The lowest BCUT2D eigenvalue weighted by Gasteiger charge is -2.19. The second-order valence-corrected chi connectivity index (χ2v) is 8.17. The Morgan fingerprint density at radius 1 is 1.23 bits per heavy atom. The second kappa shape index (κ2) is 9.85. The minimum atomic E-state index is -0.780. The molecule has 0 spiro atoms. The molecule has 1 fully saturated rings. The third-order valence-corrected chi connectivity index (χ3v) is 5.89. The zero-order valence-corrected chi connectivity index (χ0v) is 19.0. The molecule has 2 heterocycles. The molecule has 1 saturated heterocycles. The fourth-order valence-corrected chi connectivity index (χ4v) is 3.92. The lowest BCUT2D eigenvalue weighted by atomic mass is 9.99. The Hall–Kier alpha value is -3.03. The summed E-state index contributed by atoms with van der Waals surface area (Å²) in [6.45, 7) is 10.3. The lowest BCUT2D eigenvalue weighted by Crippen LogP contribution is -2.43. The molecular weight excluding hydrogens is 392 g/mol. The van der Waals surface area contributed by atoms with Crippen molar-refractivity contribution in [2.45, 2.75) is 52.5 Å². The minimum absolute atomic E-state index is 0.150. The third kappa shape index (κ3) is 5.00. The van der Waals surface area contributed by atoms with E-state index in [-0.39, 0.29) is 11.9 Å². The quantitative estimate of drug-likeness (QED) is 0.214. The summed E-state index contributed by atoms with van der Waals surface area (Å²) in [7, 11) is 0. The van der Waals surface area contributed by atoms with Gasteiger partial charge in [-0.1, -0.05) is 19.1 Å². The largest absolute Gasteiger partial charge is 0.361 e. The number of nitrogens with one attached hydrogen (secondary N) is 4. The van der Waals surface area contributed by atoms with Crippen molar-refractivity contribution in [3.8, 4) is 0 Å². The van der Waals surface area contributed by atoms with E-state index in [4.69, 9.17) is 0 Å². The fraction of sp³-hybridized carbons (Fsp3) is 0.522. The molecule has 168 valence electrons. The van der Waals surface area contributed by atoms with E-state index in [2.05, 4.69) is 57.2 Å². The van der Waals surface area contributed by atoms with Crippen molar-refractivity contribution in [2.24, 2.45) is 4.99 Å². The van der Waals surface area contributed by atoms with Crippen LogP contribution in [0.15, 0.2) is 29.4 Å². The Bertz CT molecular complexity index is 966. The predicted molar refractivity (Wildman–Crippen MR) is 124 cm³/mol. The van der Waals surface area contributed by atoms with Crippen LogP contribution in [0.2, 0.25) is 0 Å². The van der Waals surface area contributed by atoms with Gasteiger partial charge in [-0.15, -0.1) is 0 Å². The fourth-order valence-electron chi connectivity index (χ4n) is 3.92. The number of benzene rings is 1. The smallest absolute Gasteiger partial charge is 0.325 e. The number of H-pyrrole nitrogens is 1. The minimum Gasteiger partial charge on any atom is -0.361 e. The number of carbonyl (C=O) groups is 2. The van der Waals surface area contributed by atoms with Gasteiger partial charge in [0.25, 0.3) is 5.91 Å². The van der Waals surface area contributed by atoms with Gasteiger partial charge in [0.15, 0.2) is 5.96 Å². The molecule has 1 aliphatic heterocycles. The molecule has 1 aromatic carbocycles. The van der Waals surface area contributed by atoms with Gasteiger partial charge >= 0.3 is 6.03 Å². The van der Waals surface area contributed by atoms with E-state index in [1.54, 1.807) is 6.92 Å². The van der Waals surface area contributed by atoms with Crippen molar-refractivity contribution < 1.29 is 9.59 Å². The van der Waals surface area contributed by atoms with E-state index in [0.29, 0.717) is 25.9 Å². The van der Waals surface area contributed by atoms with Crippen LogP contribution >= 0.6 is 0 Å². The summed E-state index contributed by atoms with van der Waals surface area (Å²) in [5, 5.41) is 10.7. The normalized spacial score (nSPS) is 19.2. The monoisotopic (exact) mass is 426 g/mol. The summed E-state index contributed by atoms with van der Waals surface area (Å²) >= 11 is 0. The topological polar surface area (TPSA) is 102 Å². The van der Waals surface area contributed by atoms with Gasteiger partial charge < -0.3 is 20.9 Å². The van der Waals surface area contributed by atoms with Gasteiger partial charge in [0, 0.05) is 43.3 Å². The molecule has 1 aromatic heterocycles. The zero-order chi connectivity index (χ0) is 22.4.